The highest BCUT2D eigenvalue weighted by molar-refractivity contribution is 7.09. The fourth-order valence-electron chi connectivity index (χ4n) is 2.60. The molecule has 0 radical (unpaired) electrons. The summed E-state index contributed by atoms with van der Waals surface area (Å²) in [6.07, 6.45) is 3.39. The van der Waals surface area contributed by atoms with Crippen LogP contribution >= 0.6 is 11.5 Å². The number of anilines is 1. The first kappa shape index (κ1) is 12.9. The maximum absolute atomic E-state index is 5.73. The maximum atomic E-state index is 5.73. The summed E-state index contributed by atoms with van der Waals surface area (Å²) in [6.45, 7) is 0.701. The van der Waals surface area contributed by atoms with Gasteiger partial charge in [-0.25, -0.2) is 4.98 Å². The molecule has 1 aromatic heterocycles. The monoisotopic (exact) mass is 303 g/mol. The second kappa shape index (κ2) is 5.18. The molecule has 1 N–H and O–H groups in total. The molecule has 1 aromatic carbocycles. The summed E-state index contributed by atoms with van der Waals surface area (Å²) < 4.78 is 15.4. The number of methoxy groups -OCH3 is 1. The summed E-state index contributed by atoms with van der Waals surface area (Å²) >= 11 is 1.46. The summed E-state index contributed by atoms with van der Waals surface area (Å²) in [6, 6.07) is 6.20. The van der Waals surface area contributed by atoms with Gasteiger partial charge in [0.15, 0.2) is 0 Å². The Kier molecular flexibility index (Phi) is 3.18. The summed E-state index contributed by atoms with van der Waals surface area (Å²) in [5.41, 5.74) is 1.16. The van der Waals surface area contributed by atoms with Crippen molar-refractivity contribution in [3.8, 4) is 11.5 Å². The Morgan fingerprint density at radius 3 is 3.05 bits per heavy atom. The fraction of sp³-hybridized carbons (Fsp3) is 0.467. The third kappa shape index (κ3) is 2.55. The van der Waals surface area contributed by atoms with Crippen LogP contribution in [0.25, 0.3) is 0 Å². The highest BCUT2D eigenvalue weighted by atomic mass is 32.1. The van der Waals surface area contributed by atoms with Crippen LogP contribution in [0, 0.1) is 0 Å². The molecule has 2 heterocycles. The predicted octanol–water partition coefficient (Wildman–Crippen LogP) is 3.36. The van der Waals surface area contributed by atoms with E-state index in [1.165, 1.54) is 24.4 Å². The lowest BCUT2D eigenvalue weighted by Crippen LogP contribution is -2.20. The minimum Gasteiger partial charge on any atom is -0.497 e. The van der Waals surface area contributed by atoms with Gasteiger partial charge >= 0.3 is 0 Å². The fourth-order valence-corrected chi connectivity index (χ4v) is 3.30. The van der Waals surface area contributed by atoms with Crippen LogP contribution in [-0.4, -0.2) is 23.1 Å². The van der Waals surface area contributed by atoms with E-state index in [-0.39, 0.29) is 6.04 Å². The molecule has 0 amide bonds. The van der Waals surface area contributed by atoms with Crippen molar-refractivity contribution in [2.24, 2.45) is 0 Å². The van der Waals surface area contributed by atoms with E-state index < -0.39 is 0 Å². The molecule has 0 unspecified atom stereocenters. The van der Waals surface area contributed by atoms with E-state index in [1.54, 1.807) is 7.11 Å². The first-order valence-corrected chi connectivity index (χ1v) is 8.01. The van der Waals surface area contributed by atoms with Crippen molar-refractivity contribution in [3.05, 3.63) is 29.6 Å². The maximum Gasteiger partial charge on any atom is 0.203 e. The zero-order chi connectivity index (χ0) is 14.2. The normalized spacial score (nSPS) is 20.5. The number of ether oxygens (including phenoxy) is 2. The number of nitrogens with zero attached hydrogens (tertiary/aromatic N) is 2. The van der Waals surface area contributed by atoms with Crippen molar-refractivity contribution in [1.82, 2.24) is 9.36 Å². The number of fused-ring (bicyclic) bond motifs is 1. The van der Waals surface area contributed by atoms with Crippen LogP contribution in [0.4, 0.5) is 5.13 Å². The van der Waals surface area contributed by atoms with Crippen LogP contribution in [0.1, 0.15) is 42.6 Å². The van der Waals surface area contributed by atoms with Gasteiger partial charge in [0, 0.05) is 35.5 Å². The Morgan fingerprint density at radius 1 is 1.33 bits per heavy atom. The second-order valence-corrected chi connectivity index (χ2v) is 6.22. The molecule has 6 heteroatoms. The average Bonchev–Trinajstić information content (AvgIpc) is 3.27. The van der Waals surface area contributed by atoms with Gasteiger partial charge < -0.3 is 14.8 Å². The highest BCUT2D eigenvalue weighted by Gasteiger charge is 2.29. The first-order valence-electron chi connectivity index (χ1n) is 7.24. The van der Waals surface area contributed by atoms with Crippen LogP contribution in [0.15, 0.2) is 18.2 Å². The number of nitrogens with one attached hydrogen (secondary N) is 1. The van der Waals surface area contributed by atoms with Crippen molar-refractivity contribution in [1.29, 1.82) is 0 Å². The Labute approximate surface area is 127 Å². The molecule has 2 aromatic rings. The Bertz CT molecular complexity index is 654. The van der Waals surface area contributed by atoms with Gasteiger partial charge in [-0.15, -0.1) is 0 Å². The van der Waals surface area contributed by atoms with E-state index in [2.05, 4.69) is 20.7 Å². The molecule has 110 valence electrons. The number of hydrogen-bond donors (Lipinski definition) is 1. The minimum absolute atomic E-state index is 0.222. The molecule has 1 aliphatic carbocycles. The third-order valence-electron chi connectivity index (χ3n) is 3.94. The van der Waals surface area contributed by atoms with E-state index >= 15 is 0 Å². The van der Waals surface area contributed by atoms with E-state index in [1.807, 2.05) is 12.1 Å². The Balaban J connectivity index is 1.55. The largest absolute Gasteiger partial charge is 0.497 e. The topological polar surface area (TPSA) is 56.3 Å². The van der Waals surface area contributed by atoms with Crippen molar-refractivity contribution in [2.45, 2.75) is 31.2 Å². The van der Waals surface area contributed by atoms with Crippen LogP contribution in [0.3, 0.4) is 0 Å². The van der Waals surface area contributed by atoms with Gasteiger partial charge in [-0.2, -0.15) is 4.37 Å². The molecule has 1 atom stereocenters. The lowest BCUT2D eigenvalue weighted by molar-refractivity contribution is 0.272. The molecule has 5 nitrogen and oxygen atoms in total. The molecule has 0 spiro atoms. The van der Waals surface area contributed by atoms with Crippen molar-refractivity contribution < 1.29 is 9.47 Å². The van der Waals surface area contributed by atoms with Gasteiger partial charge in [0.25, 0.3) is 0 Å². The molecular weight excluding hydrogens is 286 g/mol. The average molecular weight is 303 g/mol. The Morgan fingerprint density at radius 2 is 2.24 bits per heavy atom. The van der Waals surface area contributed by atoms with Crippen molar-refractivity contribution >= 4 is 16.7 Å². The smallest absolute Gasteiger partial charge is 0.203 e. The summed E-state index contributed by atoms with van der Waals surface area (Å²) in [4.78, 5) is 4.60. The van der Waals surface area contributed by atoms with E-state index in [0.717, 1.165) is 34.4 Å². The van der Waals surface area contributed by atoms with Crippen LogP contribution in [-0.2, 0) is 0 Å². The molecule has 1 fully saturated rings. The standard InChI is InChI=1S/C15H17N3O2S/c1-19-10-4-5-11-12(6-7-20-13(11)8-10)16-15-17-14(18-21-15)9-2-3-9/h4-5,8-9,12H,2-3,6-7H2,1H3,(H,16,17,18)/t12-/m0/s1. The lowest BCUT2D eigenvalue weighted by Gasteiger charge is -2.26. The second-order valence-electron chi connectivity index (χ2n) is 5.47. The van der Waals surface area contributed by atoms with E-state index in [4.69, 9.17) is 9.47 Å². The van der Waals surface area contributed by atoms with Gasteiger partial charge in [-0.1, -0.05) is 0 Å². The first-order chi connectivity index (χ1) is 10.3. The summed E-state index contributed by atoms with van der Waals surface area (Å²) in [7, 11) is 1.67. The SMILES string of the molecule is COc1ccc2c(c1)OCC[C@@H]2Nc1nc(C2CC2)ns1. The molecule has 0 saturated heterocycles. The molecule has 21 heavy (non-hydrogen) atoms. The third-order valence-corrected chi connectivity index (χ3v) is 4.60. The lowest BCUT2D eigenvalue weighted by atomic mass is 10.0. The van der Waals surface area contributed by atoms with Gasteiger partial charge in [-0.3, -0.25) is 0 Å². The van der Waals surface area contributed by atoms with Gasteiger partial charge in [0.05, 0.1) is 19.8 Å². The van der Waals surface area contributed by atoms with E-state index in [9.17, 15) is 0 Å². The number of aromatic nitrogens is 2. The van der Waals surface area contributed by atoms with Gasteiger partial charge in [0.2, 0.25) is 5.13 Å². The highest BCUT2D eigenvalue weighted by Crippen LogP contribution is 2.41. The summed E-state index contributed by atoms with van der Waals surface area (Å²) in [5.74, 6) is 3.32. The molecule has 4 rings (SSSR count). The van der Waals surface area contributed by atoms with Gasteiger partial charge in [-0.05, 0) is 25.0 Å². The molecule has 2 aliphatic rings. The van der Waals surface area contributed by atoms with Gasteiger partial charge in [0.1, 0.15) is 17.3 Å². The molecule has 1 saturated carbocycles. The number of benzene rings is 1. The van der Waals surface area contributed by atoms with E-state index in [0.29, 0.717) is 12.5 Å². The zero-order valence-corrected chi connectivity index (χ0v) is 12.7. The van der Waals surface area contributed by atoms with Crippen molar-refractivity contribution in [2.75, 3.05) is 19.0 Å². The molecule has 0 bridgehead atoms. The van der Waals surface area contributed by atoms with Crippen LogP contribution < -0.4 is 14.8 Å². The van der Waals surface area contributed by atoms with Crippen LogP contribution in [0.2, 0.25) is 0 Å². The minimum atomic E-state index is 0.222. The molecule has 1 aliphatic heterocycles. The quantitative estimate of drug-likeness (QED) is 0.938. The van der Waals surface area contributed by atoms with Crippen molar-refractivity contribution in [3.63, 3.8) is 0 Å². The predicted molar refractivity (Wildman–Crippen MR) is 81.4 cm³/mol. The zero-order valence-electron chi connectivity index (χ0n) is 11.8. The number of rotatable bonds is 4. The number of hydrogen-bond acceptors (Lipinski definition) is 6. The Hall–Kier alpha value is -1.82. The van der Waals surface area contributed by atoms with Crippen LogP contribution in [0.5, 0.6) is 11.5 Å². The summed E-state index contributed by atoms with van der Waals surface area (Å²) in [5, 5.41) is 4.41. The molecular formula is C15H17N3O2S.